The van der Waals surface area contributed by atoms with Gasteiger partial charge in [-0.2, -0.15) is 5.10 Å². The number of aryl methyl sites for hydroxylation is 1. The molecular weight excluding hydrogens is 425 g/mol. The van der Waals surface area contributed by atoms with Crippen LogP contribution >= 0.6 is 22.6 Å². The molecule has 1 aromatic carbocycles. The molecule has 25 heavy (non-hydrogen) atoms. The highest BCUT2D eigenvalue weighted by atomic mass is 127. The number of hydrogen-bond acceptors (Lipinski definition) is 2. The standard InChI is InChI=1S/C20H22IN3O/c1-10(2)20-13-7-8-14(20)17(20)11-5-4-6-15(16(11)13)22-19(25)12-9-24(3)23-18(12)21/h4-6,9-10,13-14,17H,7-8H2,1-3H3,(H,22,25). The highest BCUT2D eigenvalue weighted by Crippen LogP contribution is 2.85. The molecule has 0 radical (unpaired) electrons. The maximum Gasteiger partial charge on any atom is 0.259 e. The van der Waals surface area contributed by atoms with Crippen molar-refractivity contribution in [3.8, 4) is 0 Å². The molecule has 1 heterocycles. The van der Waals surface area contributed by atoms with Gasteiger partial charge in [0.15, 0.2) is 0 Å². The average Bonchev–Trinajstić information content (AvgIpc) is 2.77. The minimum absolute atomic E-state index is 0.0559. The highest BCUT2D eigenvalue weighted by Gasteiger charge is 2.76. The third kappa shape index (κ3) is 1.88. The number of fused-ring (bicyclic) bond motifs is 4. The summed E-state index contributed by atoms with van der Waals surface area (Å²) in [5.74, 6) is 2.85. The number of anilines is 1. The number of nitrogens with one attached hydrogen (secondary N) is 1. The Bertz CT molecular complexity index is 902. The van der Waals surface area contributed by atoms with Crippen molar-refractivity contribution in [1.82, 2.24) is 9.78 Å². The lowest BCUT2D eigenvalue weighted by atomic mass is 9.79. The Labute approximate surface area is 161 Å². The van der Waals surface area contributed by atoms with Gasteiger partial charge in [0.25, 0.3) is 5.91 Å². The van der Waals surface area contributed by atoms with Crippen LogP contribution in [0.15, 0.2) is 24.4 Å². The molecule has 130 valence electrons. The Morgan fingerprint density at radius 2 is 2.20 bits per heavy atom. The van der Waals surface area contributed by atoms with E-state index in [4.69, 9.17) is 0 Å². The third-order valence-corrected chi connectivity index (χ3v) is 7.74. The second-order valence-electron chi connectivity index (χ2n) is 8.14. The predicted molar refractivity (Wildman–Crippen MR) is 106 cm³/mol. The SMILES string of the molecule is CC(C)C12C3CCC1C2c1cccc(NC(=O)c2cn(C)nc2I)c13. The molecule has 0 saturated heterocycles. The molecule has 3 aliphatic carbocycles. The lowest BCUT2D eigenvalue weighted by Crippen LogP contribution is -2.19. The fourth-order valence-corrected chi connectivity index (χ4v) is 6.94. The second-order valence-corrected chi connectivity index (χ2v) is 9.16. The smallest absolute Gasteiger partial charge is 0.259 e. The molecule has 1 aromatic heterocycles. The molecule has 1 amide bonds. The Kier molecular flexibility index (Phi) is 3.22. The summed E-state index contributed by atoms with van der Waals surface area (Å²) in [5, 5.41) is 7.48. The fourth-order valence-electron chi connectivity index (χ4n) is 6.22. The van der Waals surface area contributed by atoms with Gasteiger partial charge < -0.3 is 5.32 Å². The van der Waals surface area contributed by atoms with Gasteiger partial charge in [0.05, 0.1) is 5.56 Å². The summed E-state index contributed by atoms with van der Waals surface area (Å²) in [7, 11) is 1.84. The molecule has 2 saturated carbocycles. The van der Waals surface area contributed by atoms with E-state index in [2.05, 4.69) is 65.1 Å². The number of aromatic nitrogens is 2. The monoisotopic (exact) mass is 447 g/mol. The van der Waals surface area contributed by atoms with Gasteiger partial charge >= 0.3 is 0 Å². The third-order valence-electron chi connectivity index (χ3n) is 6.94. The maximum absolute atomic E-state index is 12.8. The summed E-state index contributed by atoms with van der Waals surface area (Å²) in [4.78, 5) is 12.8. The largest absolute Gasteiger partial charge is 0.322 e. The van der Waals surface area contributed by atoms with Crippen LogP contribution in [0.25, 0.3) is 0 Å². The molecule has 5 rings (SSSR count). The van der Waals surface area contributed by atoms with Gasteiger partial charge in [-0.05, 0) is 81.7 Å². The first-order valence-corrected chi connectivity index (χ1v) is 10.2. The molecule has 3 aliphatic rings. The van der Waals surface area contributed by atoms with Crippen molar-refractivity contribution in [2.24, 2.45) is 24.3 Å². The lowest BCUT2D eigenvalue weighted by Gasteiger charge is -2.25. The number of carbonyl (C=O) groups is 1. The average molecular weight is 447 g/mol. The van der Waals surface area contributed by atoms with Crippen molar-refractivity contribution in [3.05, 3.63) is 44.8 Å². The van der Waals surface area contributed by atoms with Crippen LogP contribution in [0.3, 0.4) is 0 Å². The summed E-state index contributed by atoms with van der Waals surface area (Å²) < 4.78 is 2.43. The van der Waals surface area contributed by atoms with Gasteiger partial charge in [0.2, 0.25) is 0 Å². The number of amides is 1. The zero-order chi connectivity index (χ0) is 17.5. The van der Waals surface area contributed by atoms with Crippen molar-refractivity contribution < 1.29 is 4.79 Å². The molecule has 0 aliphatic heterocycles. The van der Waals surface area contributed by atoms with Gasteiger partial charge in [-0.3, -0.25) is 9.48 Å². The summed E-state index contributed by atoms with van der Waals surface area (Å²) >= 11 is 2.12. The van der Waals surface area contributed by atoms with Crippen molar-refractivity contribution in [2.75, 3.05) is 5.32 Å². The Balaban J connectivity index is 1.53. The van der Waals surface area contributed by atoms with Crippen LogP contribution < -0.4 is 5.32 Å². The fraction of sp³-hybridized carbons (Fsp3) is 0.500. The molecule has 4 nitrogen and oxygen atoms in total. The number of carbonyl (C=O) groups excluding carboxylic acids is 1. The first-order chi connectivity index (χ1) is 12.0. The number of halogens is 1. The number of hydrogen-bond donors (Lipinski definition) is 1. The molecule has 5 heteroatoms. The predicted octanol–water partition coefficient (Wildman–Crippen LogP) is 4.52. The molecule has 0 bridgehead atoms. The van der Waals surface area contributed by atoms with Crippen LogP contribution in [0.5, 0.6) is 0 Å². The van der Waals surface area contributed by atoms with E-state index in [1.807, 2.05) is 7.05 Å². The van der Waals surface area contributed by atoms with E-state index in [9.17, 15) is 4.79 Å². The first kappa shape index (κ1) is 15.9. The number of benzene rings is 1. The summed E-state index contributed by atoms with van der Waals surface area (Å²) in [6, 6.07) is 6.48. The minimum Gasteiger partial charge on any atom is -0.322 e. The van der Waals surface area contributed by atoms with E-state index in [0.29, 0.717) is 22.8 Å². The Morgan fingerprint density at radius 3 is 2.88 bits per heavy atom. The van der Waals surface area contributed by atoms with Crippen LogP contribution in [0, 0.1) is 21.0 Å². The van der Waals surface area contributed by atoms with E-state index in [1.54, 1.807) is 10.9 Å². The zero-order valence-electron chi connectivity index (χ0n) is 14.7. The summed E-state index contributed by atoms with van der Waals surface area (Å²) in [6.07, 6.45) is 4.40. The molecule has 0 spiro atoms. The van der Waals surface area contributed by atoms with Crippen molar-refractivity contribution >= 4 is 34.2 Å². The molecule has 4 atom stereocenters. The normalized spacial score (nSPS) is 31.2. The van der Waals surface area contributed by atoms with E-state index in [-0.39, 0.29) is 5.91 Å². The van der Waals surface area contributed by atoms with Gasteiger partial charge in [0, 0.05) is 18.9 Å². The highest BCUT2D eigenvalue weighted by molar-refractivity contribution is 14.1. The van der Waals surface area contributed by atoms with Crippen LogP contribution in [-0.2, 0) is 7.05 Å². The lowest BCUT2D eigenvalue weighted by molar-refractivity contribution is 0.102. The van der Waals surface area contributed by atoms with Gasteiger partial charge in [-0.15, -0.1) is 0 Å². The van der Waals surface area contributed by atoms with Crippen molar-refractivity contribution in [2.45, 2.75) is 38.5 Å². The number of nitrogens with zero attached hydrogens (tertiary/aromatic N) is 2. The molecule has 4 unspecified atom stereocenters. The topological polar surface area (TPSA) is 46.9 Å². The van der Waals surface area contributed by atoms with E-state index in [0.717, 1.165) is 21.2 Å². The molecule has 1 N–H and O–H groups in total. The number of rotatable bonds is 3. The quantitative estimate of drug-likeness (QED) is 0.704. The van der Waals surface area contributed by atoms with E-state index >= 15 is 0 Å². The first-order valence-electron chi connectivity index (χ1n) is 9.09. The molecule has 2 fully saturated rings. The zero-order valence-corrected chi connectivity index (χ0v) is 16.9. The van der Waals surface area contributed by atoms with Gasteiger partial charge in [-0.25, -0.2) is 0 Å². The molecule has 2 aromatic rings. The van der Waals surface area contributed by atoms with Crippen molar-refractivity contribution in [3.63, 3.8) is 0 Å². The maximum atomic E-state index is 12.8. The van der Waals surface area contributed by atoms with E-state index in [1.165, 1.54) is 24.0 Å². The van der Waals surface area contributed by atoms with Crippen LogP contribution in [0.2, 0.25) is 0 Å². The van der Waals surface area contributed by atoms with Gasteiger partial charge in [-0.1, -0.05) is 26.0 Å². The van der Waals surface area contributed by atoms with E-state index < -0.39 is 0 Å². The minimum atomic E-state index is -0.0559. The second kappa shape index (κ2) is 5.09. The van der Waals surface area contributed by atoms with Gasteiger partial charge in [0.1, 0.15) is 3.70 Å². The van der Waals surface area contributed by atoms with Crippen LogP contribution in [0.1, 0.15) is 60.0 Å². The summed E-state index contributed by atoms with van der Waals surface area (Å²) in [5.41, 5.74) is 5.04. The summed E-state index contributed by atoms with van der Waals surface area (Å²) in [6.45, 7) is 4.76. The van der Waals surface area contributed by atoms with Crippen molar-refractivity contribution in [1.29, 1.82) is 0 Å². The van der Waals surface area contributed by atoms with Crippen LogP contribution in [-0.4, -0.2) is 15.7 Å². The molecular formula is C20H22IN3O. The Hall–Kier alpha value is -1.37. The Morgan fingerprint density at radius 1 is 1.40 bits per heavy atom. The van der Waals surface area contributed by atoms with Crippen LogP contribution in [0.4, 0.5) is 5.69 Å².